The van der Waals surface area contributed by atoms with Gasteiger partial charge in [-0.05, 0) is 25.5 Å². The van der Waals surface area contributed by atoms with E-state index in [-0.39, 0.29) is 6.10 Å². The highest BCUT2D eigenvalue weighted by atomic mass is 35.5. The van der Waals surface area contributed by atoms with Crippen molar-refractivity contribution in [2.75, 3.05) is 23.9 Å². The smallest absolute Gasteiger partial charge is 0.151 e. The second-order valence-corrected chi connectivity index (χ2v) is 4.51. The molecule has 2 unspecified atom stereocenters. The van der Waals surface area contributed by atoms with E-state index in [9.17, 15) is 0 Å². The summed E-state index contributed by atoms with van der Waals surface area (Å²) in [5, 5.41) is 8.14. The van der Waals surface area contributed by atoms with Crippen molar-refractivity contribution in [3.05, 3.63) is 17.8 Å². The average Bonchev–Trinajstić information content (AvgIpc) is 2.30. The predicted octanol–water partition coefficient (Wildman–Crippen LogP) is 1.62. The first-order chi connectivity index (χ1) is 7.70. The number of hydrogen-bond donors (Lipinski definition) is 0. The van der Waals surface area contributed by atoms with Crippen LogP contribution in [0.25, 0.3) is 0 Å². The number of rotatable bonds is 2. The van der Waals surface area contributed by atoms with Gasteiger partial charge in [-0.2, -0.15) is 5.10 Å². The molecule has 0 aliphatic carbocycles. The first-order valence-corrected chi connectivity index (χ1v) is 5.97. The van der Waals surface area contributed by atoms with Gasteiger partial charge in [0.2, 0.25) is 0 Å². The van der Waals surface area contributed by atoms with Crippen molar-refractivity contribution in [2.45, 2.75) is 26.0 Å². The lowest BCUT2D eigenvalue weighted by Crippen LogP contribution is -2.49. The number of nitrogens with zero attached hydrogens (tertiary/aromatic N) is 3. The van der Waals surface area contributed by atoms with E-state index in [4.69, 9.17) is 16.3 Å². The second-order valence-electron chi connectivity index (χ2n) is 4.20. The van der Waals surface area contributed by atoms with Crippen molar-refractivity contribution in [1.82, 2.24) is 10.2 Å². The highest BCUT2D eigenvalue weighted by molar-refractivity contribution is 6.18. The number of aryl methyl sites for hydroxylation is 1. The summed E-state index contributed by atoms with van der Waals surface area (Å²) in [4.78, 5) is 2.20. The molecule has 88 valence electrons. The Kier molecular flexibility index (Phi) is 3.61. The molecule has 1 aromatic rings. The number of halogens is 1. The molecule has 1 saturated heterocycles. The first-order valence-electron chi connectivity index (χ1n) is 5.44. The fourth-order valence-electron chi connectivity index (χ4n) is 1.82. The molecule has 2 atom stereocenters. The summed E-state index contributed by atoms with van der Waals surface area (Å²) >= 11 is 5.82. The van der Waals surface area contributed by atoms with Crippen LogP contribution in [0.4, 0.5) is 5.82 Å². The zero-order valence-electron chi connectivity index (χ0n) is 9.56. The molecule has 0 bridgehead atoms. The number of anilines is 1. The third-order valence-electron chi connectivity index (χ3n) is 2.75. The SMILES string of the molecule is Cc1cnnc(N2CC(CCl)OCC2C)c1. The van der Waals surface area contributed by atoms with Crippen LogP contribution in [-0.4, -0.2) is 41.4 Å². The van der Waals surface area contributed by atoms with Crippen molar-refractivity contribution in [2.24, 2.45) is 0 Å². The summed E-state index contributed by atoms with van der Waals surface area (Å²) in [6.45, 7) is 5.60. The number of alkyl halides is 1. The maximum absolute atomic E-state index is 5.82. The Morgan fingerprint density at radius 3 is 3.12 bits per heavy atom. The summed E-state index contributed by atoms with van der Waals surface area (Å²) in [6, 6.07) is 2.36. The number of aromatic nitrogens is 2. The Balaban J connectivity index is 2.17. The van der Waals surface area contributed by atoms with Gasteiger partial charge in [0.25, 0.3) is 0 Å². The largest absolute Gasteiger partial charge is 0.373 e. The lowest BCUT2D eigenvalue weighted by molar-refractivity contribution is 0.0360. The van der Waals surface area contributed by atoms with Crippen molar-refractivity contribution >= 4 is 17.4 Å². The lowest BCUT2D eigenvalue weighted by atomic mass is 10.2. The van der Waals surface area contributed by atoms with Crippen LogP contribution in [0, 0.1) is 6.92 Å². The molecule has 2 heterocycles. The summed E-state index contributed by atoms with van der Waals surface area (Å²) in [5.74, 6) is 1.42. The summed E-state index contributed by atoms with van der Waals surface area (Å²) in [5.41, 5.74) is 1.12. The molecule has 5 heteroatoms. The molecule has 0 saturated carbocycles. The Labute approximate surface area is 101 Å². The van der Waals surface area contributed by atoms with Crippen molar-refractivity contribution in [1.29, 1.82) is 0 Å². The average molecular weight is 242 g/mol. The minimum Gasteiger partial charge on any atom is -0.373 e. The highest BCUT2D eigenvalue weighted by Crippen LogP contribution is 2.20. The van der Waals surface area contributed by atoms with E-state index in [1.165, 1.54) is 0 Å². The zero-order valence-corrected chi connectivity index (χ0v) is 10.3. The molecule has 0 N–H and O–H groups in total. The molecule has 1 fully saturated rings. The normalized spacial score (nSPS) is 25.8. The first kappa shape index (κ1) is 11.6. The van der Waals surface area contributed by atoms with Gasteiger partial charge < -0.3 is 9.64 Å². The summed E-state index contributed by atoms with van der Waals surface area (Å²) < 4.78 is 5.60. The molecule has 16 heavy (non-hydrogen) atoms. The number of ether oxygens (including phenoxy) is 1. The summed E-state index contributed by atoms with van der Waals surface area (Å²) in [6.07, 6.45) is 1.84. The quantitative estimate of drug-likeness (QED) is 0.738. The topological polar surface area (TPSA) is 38.2 Å². The van der Waals surface area contributed by atoms with Crippen LogP contribution in [-0.2, 0) is 4.74 Å². The molecular weight excluding hydrogens is 226 g/mol. The minimum atomic E-state index is 0.0835. The van der Waals surface area contributed by atoms with E-state index in [2.05, 4.69) is 22.0 Å². The fraction of sp³-hybridized carbons (Fsp3) is 0.636. The maximum Gasteiger partial charge on any atom is 0.151 e. The van der Waals surface area contributed by atoms with Gasteiger partial charge in [0.15, 0.2) is 5.82 Å². The number of morpholine rings is 1. The summed E-state index contributed by atoms with van der Waals surface area (Å²) in [7, 11) is 0. The third-order valence-corrected chi connectivity index (χ3v) is 3.09. The zero-order chi connectivity index (χ0) is 11.5. The maximum atomic E-state index is 5.82. The van der Waals surface area contributed by atoms with Gasteiger partial charge in [0.1, 0.15) is 0 Å². The van der Waals surface area contributed by atoms with Gasteiger partial charge in [-0.15, -0.1) is 16.7 Å². The Hall–Kier alpha value is -0.870. The van der Waals surface area contributed by atoms with Gasteiger partial charge in [-0.1, -0.05) is 0 Å². The van der Waals surface area contributed by atoms with E-state index < -0.39 is 0 Å². The van der Waals surface area contributed by atoms with E-state index in [1.54, 1.807) is 6.20 Å². The minimum absolute atomic E-state index is 0.0835. The van der Waals surface area contributed by atoms with Crippen molar-refractivity contribution in [3.63, 3.8) is 0 Å². The van der Waals surface area contributed by atoms with E-state index in [1.807, 2.05) is 13.0 Å². The predicted molar refractivity (Wildman–Crippen MR) is 64.0 cm³/mol. The third kappa shape index (κ3) is 2.44. The van der Waals surface area contributed by atoms with Crippen LogP contribution in [0.5, 0.6) is 0 Å². The molecule has 2 rings (SSSR count). The molecular formula is C11H16ClN3O. The van der Waals surface area contributed by atoms with Crippen LogP contribution in [0.15, 0.2) is 12.3 Å². The molecule has 0 spiro atoms. The Morgan fingerprint density at radius 2 is 2.44 bits per heavy atom. The Bertz CT molecular complexity index is 361. The molecule has 0 amide bonds. The van der Waals surface area contributed by atoms with Crippen LogP contribution >= 0.6 is 11.6 Å². The standard InChI is InChI=1S/C11H16ClN3O/c1-8-3-11(14-13-5-8)15-6-10(4-12)16-7-9(15)2/h3,5,9-10H,4,6-7H2,1-2H3. The van der Waals surface area contributed by atoms with E-state index in [0.29, 0.717) is 18.5 Å². The van der Waals surface area contributed by atoms with Crippen LogP contribution in [0.1, 0.15) is 12.5 Å². The molecule has 1 aromatic heterocycles. The highest BCUT2D eigenvalue weighted by Gasteiger charge is 2.26. The van der Waals surface area contributed by atoms with Gasteiger partial charge >= 0.3 is 0 Å². The van der Waals surface area contributed by atoms with Crippen molar-refractivity contribution in [3.8, 4) is 0 Å². The van der Waals surface area contributed by atoms with Crippen molar-refractivity contribution < 1.29 is 4.74 Å². The molecule has 1 aliphatic heterocycles. The van der Waals surface area contributed by atoms with Gasteiger partial charge in [0, 0.05) is 6.54 Å². The van der Waals surface area contributed by atoms with E-state index in [0.717, 1.165) is 17.9 Å². The fourth-order valence-corrected chi connectivity index (χ4v) is 2.01. The Morgan fingerprint density at radius 1 is 1.62 bits per heavy atom. The van der Waals surface area contributed by atoms with Gasteiger partial charge in [-0.25, -0.2) is 0 Å². The van der Waals surface area contributed by atoms with Crippen LogP contribution in [0.2, 0.25) is 0 Å². The lowest BCUT2D eigenvalue weighted by Gasteiger charge is -2.38. The second kappa shape index (κ2) is 4.97. The van der Waals surface area contributed by atoms with Crippen LogP contribution < -0.4 is 4.90 Å². The molecule has 4 nitrogen and oxygen atoms in total. The van der Waals surface area contributed by atoms with Gasteiger partial charge in [-0.3, -0.25) is 0 Å². The number of hydrogen-bond acceptors (Lipinski definition) is 4. The van der Waals surface area contributed by atoms with Gasteiger partial charge in [0.05, 0.1) is 30.8 Å². The van der Waals surface area contributed by atoms with E-state index >= 15 is 0 Å². The molecule has 0 aromatic carbocycles. The monoisotopic (exact) mass is 241 g/mol. The van der Waals surface area contributed by atoms with Crippen LogP contribution in [0.3, 0.4) is 0 Å². The molecule has 0 radical (unpaired) electrons. The molecule has 1 aliphatic rings.